The number of benzene rings is 1. The molecule has 1 atom stereocenters. The predicted molar refractivity (Wildman–Crippen MR) is 69.1 cm³/mol. The highest BCUT2D eigenvalue weighted by molar-refractivity contribution is 5.26. The van der Waals surface area contributed by atoms with Crippen molar-refractivity contribution in [3.8, 4) is 0 Å². The van der Waals surface area contributed by atoms with Crippen LogP contribution in [0.3, 0.4) is 0 Å². The first-order valence-electron chi connectivity index (χ1n) is 6.38. The first-order chi connectivity index (χ1) is 8.97. The van der Waals surface area contributed by atoms with Crippen molar-refractivity contribution in [2.24, 2.45) is 0 Å². The van der Waals surface area contributed by atoms with Gasteiger partial charge in [0.2, 0.25) is 0 Å². The molecule has 0 aliphatic carbocycles. The highest BCUT2D eigenvalue weighted by Gasteiger charge is 2.30. The maximum absolute atomic E-state index is 12.6. The molecular formula is C14H20F3NO. The Morgan fingerprint density at radius 1 is 1.32 bits per heavy atom. The zero-order valence-corrected chi connectivity index (χ0v) is 11.3. The lowest BCUT2D eigenvalue weighted by atomic mass is 10.0. The van der Waals surface area contributed by atoms with Crippen molar-refractivity contribution in [1.29, 1.82) is 0 Å². The van der Waals surface area contributed by atoms with Crippen molar-refractivity contribution in [3.05, 3.63) is 35.4 Å². The largest absolute Gasteiger partial charge is 0.416 e. The second-order valence-electron chi connectivity index (χ2n) is 4.37. The van der Waals surface area contributed by atoms with E-state index in [1.54, 1.807) is 6.07 Å². The van der Waals surface area contributed by atoms with Crippen LogP contribution in [0.4, 0.5) is 13.2 Å². The fourth-order valence-corrected chi connectivity index (χ4v) is 1.88. The summed E-state index contributed by atoms with van der Waals surface area (Å²) in [5.41, 5.74) is 0.0929. The number of alkyl halides is 3. The molecule has 0 fully saturated rings. The molecule has 1 N–H and O–H groups in total. The van der Waals surface area contributed by atoms with Crippen LogP contribution in [-0.4, -0.2) is 26.3 Å². The van der Waals surface area contributed by atoms with Gasteiger partial charge in [0.05, 0.1) is 5.56 Å². The molecule has 0 saturated heterocycles. The molecule has 0 radical (unpaired) electrons. The summed E-state index contributed by atoms with van der Waals surface area (Å²) in [6.45, 7) is 3.18. The van der Waals surface area contributed by atoms with Gasteiger partial charge >= 0.3 is 6.18 Å². The highest BCUT2D eigenvalue weighted by atomic mass is 19.4. The van der Waals surface area contributed by atoms with Gasteiger partial charge in [0.1, 0.15) is 0 Å². The fraction of sp³-hybridized carbons (Fsp3) is 0.571. The Morgan fingerprint density at radius 3 is 2.63 bits per heavy atom. The van der Waals surface area contributed by atoms with Crippen molar-refractivity contribution in [3.63, 3.8) is 0 Å². The molecule has 1 rings (SSSR count). The van der Waals surface area contributed by atoms with Crippen molar-refractivity contribution in [2.75, 3.05) is 20.3 Å². The lowest BCUT2D eigenvalue weighted by Gasteiger charge is -2.17. The SMILES string of the molecule is CCOCCC(Cc1cccc(C(F)(F)F)c1)NC. The smallest absolute Gasteiger partial charge is 0.382 e. The minimum atomic E-state index is -4.28. The van der Waals surface area contributed by atoms with E-state index in [2.05, 4.69) is 5.32 Å². The Labute approximate surface area is 112 Å². The lowest BCUT2D eigenvalue weighted by Crippen LogP contribution is -2.29. The summed E-state index contributed by atoms with van der Waals surface area (Å²) in [6.07, 6.45) is -2.94. The van der Waals surface area contributed by atoms with Crippen LogP contribution in [0, 0.1) is 0 Å². The molecule has 1 aromatic rings. The number of hydrogen-bond acceptors (Lipinski definition) is 2. The highest BCUT2D eigenvalue weighted by Crippen LogP contribution is 2.29. The number of likely N-dealkylation sites (N-methyl/N-ethyl adjacent to an activating group) is 1. The normalized spacial score (nSPS) is 13.5. The number of hydrogen-bond donors (Lipinski definition) is 1. The minimum Gasteiger partial charge on any atom is -0.382 e. The van der Waals surface area contributed by atoms with Gasteiger partial charge in [-0.3, -0.25) is 0 Å². The van der Waals surface area contributed by atoms with Crippen molar-refractivity contribution < 1.29 is 17.9 Å². The van der Waals surface area contributed by atoms with Gasteiger partial charge in [0.25, 0.3) is 0 Å². The molecule has 2 nitrogen and oxygen atoms in total. The van der Waals surface area contributed by atoms with Gasteiger partial charge in [-0.15, -0.1) is 0 Å². The summed E-state index contributed by atoms with van der Waals surface area (Å²) in [4.78, 5) is 0. The van der Waals surface area contributed by atoms with E-state index < -0.39 is 11.7 Å². The number of halogens is 3. The Hall–Kier alpha value is -1.07. The predicted octanol–water partition coefficient (Wildman–Crippen LogP) is 3.26. The van der Waals surface area contributed by atoms with Crippen LogP contribution in [0.2, 0.25) is 0 Å². The van der Waals surface area contributed by atoms with E-state index in [1.807, 2.05) is 14.0 Å². The number of ether oxygens (including phenoxy) is 1. The van der Waals surface area contributed by atoms with Gasteiger partial charge in [0, 0.05) is 19.3 Å². The lowest BCUT2D eigenvalue weighted by molar-refractivity contribution is -0.137. The molecule has 1 unspecified atom stereocenters. The zero-order chi connectivity index (χ0) is 14.3. The van der Waals surface area contributed by atoms with E-state index in [4.69, 9.17) is 4.74 Å². The van der Waals surface area contributed by atoms with Crippen LogP contribution in [0.15, 0.2) is 24.3 Å². The average molecular weight is 275 g/mol. The Bertz CT molecular complexity index is 379. The number of nitrogens with one attached hydrogen (secondary N) is 1. The first kappa shape index (κ1) is 16.0. The molecule has 19 heavy (non-hydrogen) atoms. The third-order valence-corrected chi connectivity index (χ3v) is 2.96. The summed E-state index contributed by atoms with van der Waals surface area (Å²) in [5, 5.41) is 3.11. The first-order valence-corrected chi connectivity index (χ1v) is 6.38. The second-order valence-corrected chi connectivity index (χ2v) is 4.37. The number of rotatable bonds is 7. The zero-order valence-electron chi connectivity index (χ0n) is 11.3. The molecule has 5 heteroatoms. The molecule has 0 bridgehead atoms. The summed E-state index contributed by atoms with van der Waals surface area (Å²) in [5.74, 6) is 0. The molecule has 0 aliphatic rings. The van der Waals surface area contributed by atoms with Gasteiger partial charge in [-0.1, -0.05) is 18.2 Å². The van der Waals surface area contributed by atoms with Crippen LogP contribution < -0.4 is 5.32 Å². The molecule has 0 aromatic heterocycles. The summed E-state index contributed by atoms with van der Waals surface area (Å²) >= 11 is 0. The van der Waals surface area contributed by atoms with Crippen LogP contribution >= 0.6 is 0 Å². The quantitative estimate of drug-likeness (QED) is 0.771. The maximum Gasteiger partial charge on any atom is 0.416 e. The molecule has 0 heterocycles. The van der Waals surface area contributed by atoms with E-state index >= 15 is 0 Å². The van der Waals surface area contributed by atoms with Crippen LogP contribution in [0.1, 0.15) is 24.5 Å². The minimum absolute atomic E-state index is 0.120. The molecule has 0 amide bonds. The fourth-order valence-electron chi connectivity index (χ4n) is 1.88. The molecule has 1 aromatic carbocycles. The van der Waals surface area contributed by atoms with Crippen LogP contribution in [0.5, 0.6) is 0 Å². The van der Waals surface area contributed by atoms with Crippen molar-refractivity contribution in [1.82, 2.24) is 5.32 Å². The van der Waals surface area contributed by atoms with Crippen molar-refractivity contribution >= 4 is 0 Å². The van der Waals surface area contributed by atoms with E-state index in [9.17, 15) is 13.2 Å². The topological polar surface area (TPSA) is 21.3 Å². The van der Waals surface area contributed by atoms with E-state index in [0.717, 1.165) is 12.5 Å². The van der Waals surface area contributed by atoms with Crippen LogP contribution in [0.25, 0.3) is 0 Å². The van der Waals surface area contributed by atoms with E-state index in [-0.39, 0.29) is 6.04 Å². The Kier molecular flexibility index (Phi) is 6.31. The van der Waals surface area contributed by atoms with Gasteiger partial charge < -0.3 is 10.1 Å². The molecule has 0 aliphatic heterocycles. The summed E-state index contributed by atoms with van der Waals surface area (Å²) < 4.78 is 43.1. The van der Waals surface area contributed by atoms with E-state index in [0.29, 0.717) is 25.2 Å². The molecular weight excluding hydrogens is 255 g/mol. The van der Waals surface area contributed by atoms with Crippen LogP contribution in [-0.2, 0) is 17.3 Å². The summed E-state index contributed by atoms with van der Waals surface area (Å²) in [7, 11) is 1.81. The van der Waals surface area contributed by atoms with Gasteiger partial charge in [-0.2, -0.15) is 13.2 Å². The Balaban J connectivity index is 2.64. The Morgan fingerprint density at radius 2 is 2.05 bits per heavy atom. The van der Waals surface area contributed by atoms with Gasteiger partial charge in [-0.05, 0) is 38.4 Å². The second kappa shape index (κ2) is 7.50. The molecule has 0 spiro atoms. The molecule has 108 valence electrons. The summed E-state index contributed by atoms with van der Waals surface area (Å²) in [6, 6.07) is 5.60. The standard InChI is InChI=1S/C14H20F3NO/c1-3-19-8-7-13(18-2)10-11-5-4-6-12(9-11)14(15,16)17/h4-6,9,13,18H,3,7-8,10H2,1-2H3. The maximum atomic E-state index is 12.6. The van der Waals surface area contributed by atoms with Crippen molar-refractivity contribution in [2.45, 2.75) is 32.0 Å². The average Bonchev–Trinajstić information content (AvgIpc) is 2.37. The third kappa shape index (κ3) is 5.61. The monoisotopic (exact) mass is 275 g/mol. The van der Waals surface area contributed by atoms with Gasteiger partial charge in [-0.25, -0.2) is 0 Å². The third-order valence-electron chi connectivity index (χ3n) is 2.96. The molecule has 0 saturated carbocycles. The van der Waals surface area contributed by atoms with Gasteiger partial charge in [0.15, 0.2) is 0 Å². The van der Waals surface area contributed by atoms with E-state index in [1.165, 1.54) is 12.1 Å².